The van der Waals surface area contributed by atoms with Gasteiger partial charge in [0.15, 0.2) is 16.7 Å². The third-order valence-corrected chi connectivity index (χ3v) is 5.29. The topological polar surface area (TPSA) is 83.9 Å². The lowest BCUT2D eigenvalue weighted by atomic mass is 9.88. The average molecular weight is 401 g/mol. The highest BCUT2D eigenvalue weighted by Crippen LogP contribution is 2.43. The lowest BCUT2D eigenvalue weighted by Crippen LogP contribution is -2.38. The summed E-state index contributed by atoms with van der Waals surface area (Å²) in [4.78, 5) is 37.0. The molecule has 0 saturated carbocycles. The molecule has 2 aliphatic rings. The second-order valence-corrected chi connectivity index (χ2v) is 6.92. The molecular weight excluding hydrogens is 387 g/mol. The van der Waals surface area contributed by atoms with E-state index in [-0.39, 0.29) is 40.3 Å². The summed E-state index contributed by atoms with van der Waals surface area (Å²) >= 11 is 0.808. The molecule has 0 radical (unpaired) electrons. The van der Waals surface area contributed by atoms with Crippen molar-refractivity contribution in [2.75, 3.05) is 0 Å². The Morgan fingerprint density at radius 3 is 2.78 bits per heavy atom. The Kier molecular flexibility index (Phi) is 5.09. The summed E-state index contributed by atoms with van der Waals surface area (Å²) in [5.41, 5.74) is 0.308. The number of ketones is 1. The lowest BCUT2D eigenvalue weighted by Gasteiger charge is -2.29. The molecule has 3 rings (SSSR count). The minimum Gasteiger partial charge on any atom is -0.481 e. The number of carboxylic acid groups (broad SMARTS) is 1. The number of ether oxygens (including phenoxy) is 1. The van der Waals surface area contributed by atoms with Crippen LogP contribution in [0.25, 0.3) is 0 Å². The number of carboxylic acids is 1. The normalized spacial score (nSPS) is 19.8. The summed E-state index contributed by atoms with van der Waals surface area (Å²) in [6, 6.07) is 0.346. The van der Waals surface area contributed by atoms with E-state index in [1.165, 1.54) is 17.2 Å². The lowest BCUT2D eigenvalue weighted by molar-refractivity contribution is -0.136. The summed E-state index contributed by atoms with van der Waals surface area (Å²) < 4.78 is 43.3. The van der Waals surface area contributed by atoms with Gasteiger partial charge in [-0.05, 0) is 18.9 Å². The number of alkyl halides is 2. The maximum absolute atomic E-state index is 14.5. The van der Waals surface area contributed by atoms with Gasteiger partial charge in [-0.1, -0.05) is 0 Å². The van der Waals surface area contributed by atoms with Gasteiger partial charge in [0.05, 0.1) is 18.0 Å². The average Bonchev–Trinajstić information content (AvgIpc) is 3.13. The zero-order valence-corrected chi connectivity index (χ0v) is 14.8. The summed E-state index contributed by atoms with van der Waals surface area (Å²) in [7, 11) is 0. The molecule has 10 heteroatoms. The van der Waals surface area contributed by atoms with Crippen LogP contribution in [0.3, 0.4) is 0 Å². The predicted octanol–water partition coefficient (Wildman–Crippen LogP) is 3.51. The molecular formula is C17H14F3NO5S. The van der Waals surface area contributed by atoms with Crippen LogP contribution in [-0.4, -0.2) is 40.3 Å². The second kappa shape index (κ2) is 7.18. The molecule has 27 heavy (non-hydrogen) atoms. The van der Waals surface area contributed by atoms with Crippen LogP contribution in [0.15, 0.2) is 34.1 Å². The molecule has 2 heterocycles. The molecule has 1 aromatic rings. The van der Waals surface area contributed by atoms with E-state index in [1.807, 2.05) is 0 Å². The van der Waals surface area contributed by atoms with Crippen LogP contribution in [-0.2, 0) is 9.59 Å². The summed E-state index contributed by atoms with van der Waals surface area (Å²) in [5, 5.41) is 10.3. The fourth-order valence-electron chi connectivity index (χ4n) is 3.37. The van der Waals surface area contributed by atoms with Crippen molar-refractivity contribution in [3.05, 3.63) is 39.7 Å². The van der Waals surface area contributed by atoms with Crippen LogP contribution < -0.4 is 4.74 Å². The van der Waals surface area contributed by atoms with Gasteiger partial charge >= 0.3 is 12.6 Å². The number of aliphatic carboxylic acids is 1. The number of fused-ring (bicyclic) bond motifs is 1. The molecule has 1 aliphatic carbocycles. The molecule has 1 amide bonds. The van der Waals surface area contributed by atoms with Crippen molar-refractivity contribution in [2.24, 2.45) is 0 Å². The van der Waals surface area contributed by atoms with E-state index in [1.54, 1.807) is 0 Å². The highest BCUT2D eigenvalue weighted by molar-refractivity contribution is 7.12. The van der Waals surface area contributed by atoms with E-state index in [2.05, 4.69) is 4.74 Å². The van der Waals surface area contributed by atoms with Gasteiger partial charge in [0, 0.05) is 29.1 Å². The maximum atomic E-state index is 14.5. The van der Waals surface area contributed by atoms with E-state index in [0.717, 1.165) is 17.4 Å². The first-order valence-electron chi connectivity index (χ1n) is 7.92. The van der Waals surface area contributed by atoms with Crippen molar-refractivity contribution < 1.29 is 37.4 Å². The molecule has 1 N–H and O–H groups in total. The monoisotopic (exact) mass is 401 g/mol. The number of carbonyl (C=O) groups excluding carboxylic acids is 2. The number of allylic oxidation sites excluding steroid dienone is 2. The zero-order chi connectivity index (χ0) is 19.9. The third-order valence-electron chi connectivity index (χ3n) is 4.47. The van der Waals surface area contributed by atoms with Crippen molar-refractivity contribution in [1.82, 2.24) is 4.90 Å². The van der Waals surface area contributed by atoms with E-state index in [0.29, 0.717) is 0 Å². The fourth-order valence-corrected chi connectivity index (χ4v) is 4.11. The van der Waals surface area contributed by atoms with Gasteiger partial charge < -0.3 is 14.7 Å². The van der Waals surface area contributed by atoms with Gasteiger partial charge in [0.25, 0.3) is 5.91 Å². The van der Waals surface area contributed by atoms with Crippen molar-refractivity contribution in [3.63, 3.8) is 0 Å². The summed E-state index contributed by atoms with van der Waals surface area (Å²) in [6.07, 6.45) is -0.495. The van der Waals surface area contributed by atoms with E-state index >= 15 is 0 Å². The van der Waals surface area contributed by atoms with E-state index < -0.39 is 42.6 Å². The van der Waals surface area contributed by atoms with Gasteiger partial charge in [-0.2, -0.15) is 8.78 Å². The largest absolute Gasteiger partial charge is 0.481 e. The molecule has 1 unspecified atom stereocenters. The van der Waals surface area contributed by atoms with Crippen LogP contribution in [0, 0.1) is 0 Å². The summed E-state index contributed by atoms with van der Waals surface area (Å²) in [5.74, 6) is -3.57. The van der Waals surface area contributed by atoms with Crippen LogP contribution >= 0.6 is 11.3 Å². The standard InChI is InChI=1S/C17H14F3NO5S/c1-7-9(5-12(23)24)14-10(2-3-11(22)15(14)18)21(7)16(25)8-4-13(27-6-8)26-17(19)20/h4,6,10,17H,2-3,5H2,1H3,(H,23,24). The van der Waals surface area contributed by atoms with Gasteiger partial charge in [0.2, 0.25) is 0 Å². The minimum atomic E-state index is -3.03. The molecule has 0 bridgehead atoms. The molecule has 0 spiro atoms. The van der Waals surface area contributed by atoms with Crippen molar-refractivity contribution >= 4 is 29.0 Å². The SMILES string of the molecule is CC1=C(CC(=O)O)C2=C(F)C(=O)CCC2N1C(=O)c1csc(OC(F)F)c1. The molecule has 0 saturated heterocycles. The van der Waals surface area contributed by atoms with Crippen molar-refractivity contribution in [1.29, 1.82) is 0 Å². The molecule has 0 aromatic carbocycles. The quantitative estimate of drug-likeness (QED) is 0.816. The highest BCUT2D eigenvalue weighted by atomic mass is 32.1. The number of halogens is 3. The number of hydrogen-bond donors (Lipinski definition) is 1. The Labute approximate surface area is 155 Å². The van der Waals surface area contributed by atoms with E-state index in [9.17, 15) is 27.6 Å². The van der Waals surface area contributed by atoms with Crippen LogP contribution in [0.5, 0.6) is 5.06 Å². The molecule has 1 atom stereocenters. The second-order valence-electron chi connectivity index (χ2n) is 6.05. The Bertz CT molecular complexity index is 889. The maximum Gasteiger partial charge on any atom is 0.388 e. The first kappa shape index (κ1) is 19.2. The van der Waals surface area contributed by atoms with Gasteiger partial charge in [-0.25, -0.2) is 4.39 Å². The molecule has 6 nitrogen and oxygen atoms in total. The molecule has 1 aromatic heterocycles. The van der Waals surface area contributed by atoms with Crippen LogP contribution in [0.2, 0.25) is 0 Å². The van der Waals surface area contributed by atoms with Gasteiger partial charge in [0.1, 0.15) is 0 Å². The Morgan fingerprint density at radius 2 is 2.15 bits per heavy atom. The number of amides is 1. The number of nitrogens with zero attached hydrogens (tertiary/aromatic N) is 1. The minimum absolute atomic E-state index is 0.0585. The van der Waals surface area contributed by atoms with Gasteiger partial charge in [-0.3, -0.25) is 14.4 Å². The Balaban J connectivity index is 2.00. The number of carbonyl (C=O) groups is 3. The first-order valence-corrected chi connectivity index (χ1v) is 8.80. The van der Waals surface area contributed by atoms with Crippen LogP contribution in [0.1, 0.15) is 36.5 Å². The molecule has 0 fully saturated rings. The Hall–Kier alpha value is -2.62. The smallest absolute Gasteiger partial charge is 0.388 e. The predicted molar refractivity (Wildman–Crippen MR) is 88.2 cm³/mol. The molecule has 144 valence electrons. The van der Waals surface area contributed by atoms with Crippen molar-refractivity contribution in [3.8, 4) is 5.06 Å². The number of thiophene rings is 1. The van der Waals surface area contributed by atoms with Crippen LogP contribution in [0.4, 0.5) is 13.2 Å². The van der Waals surface area contributed by atoms with Gasteiger partial charge in [-0.15, -0.1) is 11.3 Å². The number of rotatable bonds is 5. The zero-order valence-electron chi connectivity index (χ0n) is 14.0. The molecule has 1 aliphatic heterocycles. The highest BCUT2D eigenvalue weighted by Gasteiger charge is 2.44. The third kappa shape index (κ3) is 3.48. The first-order chi connectivity index (χ1) is 12.7. The Morgan fingerprint density at radius 1 is 1.44 bits per heavy atom. The number of Topliss-reactive ketones (excluding diaryl/α,β-unsaturated/α-hetero) is 1. The van der Waals surface area contributed by atoms with E-state index in [4.69, 9.17) is 5.11 Å². The summed E-state index contributed by atoms with van der Waals surface area (Å²) in [6.45, 7) is -1.56. The van der Waals surface area contributed by atoms with Crippen molar-refractivity contribution in [2.45, 2.75) is 38.8 Å². The number of hydrogen-bond acceptors (Lipinski definition) is 5. The fraction of sp³-hybridized carbons (Fsp3) is 0.353.